The lowest BCUT2D eigenvalue weighted by Crippen LogP contribution is -2.08. The number of halogens is 2. The van der Waals surface area contributed by atoms with Crippen molar-refractivity contribution in [2.75, 3.05) is 5.32 Å². The van der Waals surface area contributed by atoms with E-state index in [1.807, 2.05) is 6.07 Å². The van der Waals surface area contributed by atoms with E-state index in [1.54, 1.807) is 12.1 Å². The van der Waals surface area contributed by atoms with E-state index in [9.17, 15) is 0 Å². The molecule has 2 aromatic rings. The fraction of sp³-hybridized carbons (Fsp3) is 0.273. The Morgan fingerprint density at radius 2 is 1.94 bits per heavy atom. The van der Waals surface area contributed by atoms with Gasteiger partial charge in [-0.2, -0.15) is 0 Å². The van der Waals surface area contributed by atoms with Gasteiger partial charge in [0.1, 0.15) is 5.01 Å². The van der Waals surface area contributed by atoms with Gasteiger partial charge in [-0.25, -0.2) is 0 Å². The molecule has 0 spiro atoms. The number of anilines is 1. The van der Waals surface area contributed by atoms with Crippen molar-refractivity contribution in [2.45, 2.75) is 19.9 Å². The minimum atomic E-state index is 0.338. The van der Waals surface area contributed by atoms with Gasteiger partial charge in [-0.3, -0.25) is 0 Å². The van der Waals surface area contributed by atoms with Gasteiger partial charge < -0.3 is 5.32 Å². The van der Waals surface area contributed by atoms with Crippen molar-refractivity contribution >= 4 is 39.7 Å². The number of aromatic nitrogens is 2. The summed E-state index contributed by atoms with van der Waals surface area (Å²) >= 11 is 13.3. The van der Waals surface area contributed by atoms with Crippen molar-refractivity contribution in [3.05, 3.63) is 28.2 Å². The smallest absolute Gasteiger partial charge is 0.206 e. The average Bonchev–Trinajstić information content (AvgIpc) is 2.69. The molecule has 6 heteroatoms. The third kappa shape index (κ3) is 3.09. The number of nitrogens with zero attached hydrogens (tertiary/aromatic N) is 2. The number of hydrogen-bond acceptors (Lipinski definition) is 4. The standard InChI is InChI=1S/C11H11Cl2N3S/c1-6(2)14-11-16-15-10(17-11)7-3-4-8(12)9(13)5-7/h3-6H,1-2H3,(H,14,16). The molecule has 0 saturated heterocycles. The zero-order chi connectivity index (χ0) is 12.4. The van der Waals surface area contributed by atoms with E-state index in [0.29, 0.717) is 16.1 Å². The molecule has 2 rings (SSSR count). The normalized spacial score (nSPS) is 10.9. The van der Waals surface area contributed by atoms with Crippen LogP contribution in [0.2, 0.25) is 10.0 Å². The highest BCUT2D eigenvalue weighted by Gasteiger charge is 2.08. The maximum atomic E-state index is 5.96. The fourth-order valence-corrected chi connectivity index (χ4v) is 2.46. The molecule has 0 aliphatic rings. The Kier molecular flexibility index (Phi) is 3.86. The molecule has 0 aliphatic heterocycles. The number of rotatable bonds is 3. The maximum Gasteiger partial charge on any atom is 0.206 e. The Hall–Kier alpha value is -0.840. The average molecular weight is 288 g/mol. The zero-order valence-corrected chi connectivity index (χ0v) is 11.7. The molecule has 17 heavy (non-hydrogen) atoms. The Morgan fingerprint density at radius 1 is 1.18 bits per heavy atom. The topological polar surface area (TPSA) is 37.8 Å². The van der Waals surface area contributed by atoms with E-state index in [2.05, 4.69) is 29.4 Å². The number of benzene rings is 1. The van der Waals surface area contributed by atoms with Gasteiger partial charge in [-0.1, -0.05) is 40.6 Å². The van der Waals surface area contributed by atoms with Crippen LogP contribution in [0.15, 0.2) is 18.2 Å². The lowest BCUT2D eigenvalue weighted by Gasteiger charge is -2.03. The van der Waals surface area contributed by atoms with Crippen LogP contribution in [0.1, 0.15) is 13.8 Å². The van der Waals surface area contributed by atoms with E-state index in [0.717, 1.165) is 15.7 Å². The second-order valence-corrected chi connectivity index (χ2v) is 5.63. The zero-order valence-electron chi connectivity index (χ0n) is 9.37. The summed E-state index contributed by atoms with van der Waals surface area (Å²) in [4.78, 5) is 0. The molecule has 1 aromatic carbocycles. The van der Waals surface area contributed by atoms with Gasteiger partial charge >= 0.3 is 0 Å². The van der Waals surface area contributed by atoms with Crippen LogP contribution in [0.25, 0.3) is 10.6 Å². The number of nitrogens with one attached hydrogen (secondary N) is 1. The first kappa shape index (κ1) is 12.6. The Balaban J connectivity index is 2.27. The van der Waals surface area contributed by atoms with Crippen LogP contribution < -0.4 is 5.32 Å². The van der Waals surface area contributed by atoms with E-state index >= 15 is 0 Å². The van der Waals surface area contributed by atoms with Crippen LogP contribution in [0.5, 0.6) is 0 Å². The van der Waals surface area contributed by atoms with Crippen LogP contribution in [-0.4, -0.2) is 16.2 Å². The second kappa shape index (κ2) is 5.21. The van der Waals surface area contributed by atoms with Gasteiger partial charge in [0.2, 0.25) is 5.13 Å². The summed E-state index contributed by atoms with van der Waals surface area (Å²) in [7, 11) is 0. The highest BCUT2D eigenvalue weighted by Crippen LogP contribution is 2.31. The molecule has 0 saturated carbocycles. The van der Waals surface area contributed by atoms with Crippen molar-refractivity contribution in [3.63, 3.8) is 0 Å². The predicted octanol–water partition coefficient (Wildman–Crippen LogP) is 4.33. The van der Waals surface area contributed by atoms with Gasteiger partial charge in [0.15, 0.2) is 0 Å². The van der Waals surface area contributed by atoms with Gasteiger partial charge in [0.25, 0.3) is 0 Å². The summed E-state index contributed by atoms with van der Waals surface area (Å²) in [6.07, 6.45) is 0. The summed E-state index contributed by atoms with van der Waals surface area (Å²) in [5, 5.41) is 14.1. The molecule has 0 amide bonds. The molecule has 1 N–H and O–H groups in total. The third-order valence-corrected chi connectivity index (χ3v) is 3.65. The Bertz CT molecular complexity index is 525. The summed E-state index contributed by atoms with van der Waals surface area (Å²) in [6.45, 7) is 4.11. The van der Waals surface area contributed by atoms with Crippen molar-refractivity contribution < 1.29 is 0 Å². The minimum Gasteiger partial charge on any atom is -0.358 e. The van der Waals surface area contributed by atoms with Gasteiger partial charge in [-0.05, 0) is 26.0 Å². The monoisotopic (exact) mass is 287 g/mol. The largest absolute Gasteiger partial charge is 0.358 e. The highest BCUT2D eigenvalue weighted by molar-refractivity contribution is 7.18. The van der Waals surface area contributed by atoms with Gasteiger partial charge in [0.05, 0.1) is 10.0 Å². The van der Waals surface area contributed by atoms with Crippen LogP contribution in [0.4, 0.5) is 5.13 Å². The molecule has 90 valence electrons. The predicted molar refractivity (Wildman–Crippen MR) is 74.1 cm³/mol. The van der Waals surface area contributed by atoms with Crippen molar-refractivity contribution in [1.82, 2.24) is 10.2 Å². The molecular formula is C11H11Cl2N3S. The molecule has 0 aliphatic carbocycles. The first-order valence-corrected chi connectivity index (χ1v) is 6.69. The molecule has 0 fully saturated rings. The van der Waals surface area contributed by atoms with Crippen LogP contribution >= 0.6 is 34.5 Å². The molecule has 0 radical (unpaired) electrons. The summed E-state index contributed by atoms with van der Waals surface area (Å²) < 4.78 is 0. The van der Waals surface area contributed by atoms with Crippen molar-refractivity contribution in [1.29, 1.82) is 0 Å². The SMILES string of the molecule is CC(C)Nc1nnc(-c2ccc(Cl)c(Cl)c2)s1. The quantitative estimate of drug-likeness (QED) is 0.913. The maximum absolute atomic E-state index is 5.96. The van der Waals surface area contributed by atoms with Gasteiger partial charge in [-0.15, -0.1) is 10.2 Å². The first-order chi connectivity index (χ1) is 8.06. The van der Waals surface area contributed by atoms with E-state index < -0.39 is 0 Å². The van der Waals surface area contributed by atoms with Gasteiger partial charge in [0, 0.05) is 11.6 Å². The third-order valence-electron chi connectivity index (χ3n) is 2.00. The van der Waals surface area contributed by atoms with Crippen LogP contribution in [0.3, 0.4) is 0 Å². The Labute approximate surface area is 114 Å². The summed E-state index contributed by atoms with van der Waals surface area (Å²) in [6, 6.07) is 5.78. The lowest BCUT2D eigenvalue weighted by molar-refractivity contribution is 0.888. The number of hydrogen-bond donors (Lipinski definition) is 1. The molecule has 0 unspecified atom stereocenters. The van der Waals surface area contributed by atoms with E-state index in [-0.39, 0.29) is 0 Å². The molecule has 1 aromatic heterocycles. The minimum absolute atomic E-state index is 0.338. The summed E-state index contributed by atoms with van der Waals surface area (Å²) in [5.41, 5.74) is 0.925. The molecule has 1 heterocycles. The molecule has 3 nitrogen and oxygen atoms in total. The van der Waals surface area contributed by atoms with E-state index in [1.165, 1.54) is 11.3 Å². The molecular weight excluding hydrogens is 277 g/mol. The first-order valence-electron chi connectivity index (χ1n) is 5.11. The fourth-order valence-electron chi connectivity index (χ4n) is 1.27. The Morgan fingerprint density at radius 3 is 2.59 bits per heavy atom. The second-order valence-electron chi connectivity index (χ2n) is 3.84. The summed E-state index contributed by atoms with van der Waals surface area (Å²) in [5.74, 6) is 0. The van der Waals surface area contributed by atoms with Crippen molar-refractivity contribution in [2.24, 2.45) is 0 Å². The molecule has 0 bridgehead atoms. The van der Waals surface area contributed by atoms with Crippen LogP contribution in [0, 0.1) is 0 Å². The molecule has 0 atom stereocenters. The van der Waals surface area contributed by atoms with Crippen molar-refractivity contribution in [3.8, 4) is 10.6 Å². The highest BCUT2D eigenvalue weighted by atomic mass is 35.5. The lowest BCUT2D eigenvalue weighted by atomic mass is 10.2. The van der Waals surface area contributed by atoms with Crippen LogP contribution in [-0.2, 0) is 0 Å². The van der Waals surface area contributed by atoms with E-state index in [4.69, 9.17) is 23.2 Å².